The molecule has 0 aliphatic rings. The first-order valence-corrected chi connectivity index (χ1v) is 11.3. The minimum Gasteiger partial charge on any atom is -0.322 e. The summed E-state index contributed by atoms with van der Waals surface area (Å²) in [5, 5.41) is 2.96. The molecule has 1 N–H and O–H groups in total. The SMILES string of the molecule is Cc1ccc(-c2ccccc2C(=O)Nc2ccc(C(=O)N(C)c3c(C)cccc3C)cc2)cc1. The topological polar surface area (TPSA) is 49.4 Å². The highest BCUT2D eigenvalue weighted by Crippen LogP contribution is 2.27. The molecular weight excluding hydrogens is 420 g/mol. The van der Waals surface area contributed by atoms with Crippen LogP contribution >= 0.6 is 0 Å². The highest BCUT2D eigenvalue weighted by atomic mass is 16.2. The summed E-state index contributed by atoms with van der Waals surface area (Å²) in [6, 6.07) is 28.7. The molecule has 0 bridgehead atoms. The Kier molecular flexibility index (Phi) is 6.60. The lowest BCUT2D eigenvalue weighted by Crippen LogP contribution is -2.27. The number of anilines is 2. The second-order valence-corrected chi connectivity index (χ2v) is 8.55. The molecule has 4 nitrogen and oxygen atoms in total. The molecule has 4 aromatic carbocycles. The number of carbonyl (C=O) groups is 2. The van der Waals surface area contributed by atoms with Crippen LogP contribution in [0.15, 0.2) is 91.0 Å². The van der Waals surface area contributed by atoms with Gasteiger partial charge in [-0.25, -0.2) is 0 Å². The van der Waals surface area contributed by atoms with Crippen molar-refractivity contribution in [3.05, 3.63) is 119 Å². The molecule has 4 aromatic rings. The summed E-state index contributed by atoms with van der Waals surface area (Å²) in [5.74, 6) is -0.289. The van der Waals surface area contributed by atoms with E-state index >= 15 is 0 Å². The van der Waals surface area contributed by atoms with Gasteiger partial charge in [-0.1, -0.05) is 66.2 Å². The molecule has 0 unspecified atom stereocenters. The zero-order chi connectivity index (χ0) is 24.2. The molecule has 4 heteroatoms. The predicted molar refractivity (Wildman–Crippen MR) is 140 cm³/mol. The summed E-state index contributed by atoms with van der Waals surface area (Å²) in [4.78, 5) is 27.8. The van der Waals surface area contributed by atoms with Crippen LogP contribution in [0.2, 0.25) is 0 Å². The second kappa shape index (κ2) is 9.75. The average Bonchev–Trinajstić information content (AvgIpc) is 2.84. The quantitative estimate of drug-likeness (QED) is 0.365. The fraction of sp³-hybridized carbons (Fsp3) is 0.133. The molecule has 0 atom stereocenters. The van der Waals surface area contributed by atoms with E-state index in [1.165, 1.54) is 5.56 Å². The molecule has 0 saturated heterocycles. The van der Waals surface area contributed by atoms with Crippen LogP contribution in [0.4, 0.5) is 11.4 Å². The Morgan fingerprint density at radius 1 is 0.706 bits per heavy atom. The largest absolute Gasteiger partial charge is 0.322 e. The standard InChI is InChI=1S/C30H28N2O2/c1-20-12-14-23(15-13-20)26-10-5-6-11-27(26)29(33)31-25-18-16-24(17-19-25)30(34)32(4)28-21(2)8-7-9-22(28)3/h5-19H,1-4H3,(H,31,33). The van der Waals surface area contributed by atoms with Crippen LogP contribution in [0, 0.1) is 20.8 Å². The third-order valence-electron chi connectivity index (χ3n) is 6.00. The number of rotatable bonds is 5. The molecule has 0 saturated carbocycles. The van der Waals surface area contributed by atoms with Gasteiger partial charge in [0, 0.05) is 29.5 Å². The van der Waals surface area contributed by atoms with Crippen molar-refractivity contribution >= 4 is 23.2 Å². The molecule has 4 rings (SSSR count). The summed E-state index contributed by atoms with van der Waals surface area (Å²) in [6.07, 6.45) is 0. The van der Waals surface area contributed by atoms with Crippen LogP contribution in [0.1, 0.15) is 37.4 Å². The molecule has 0 fully saturated rings. The maximum absolute atomic E-state index is 13.1. The number of benzene rings is 4. The number of aryl methyl sites for hydroxylation is 3. The maximum Gasteiger partial charge on any atom is 0.258 e. The first-order chi connectivity index (χ1) is 16.3. The summed E-state index contributed by atoms with van der Waals surface area (Å²) in [6.45, 7) is 6.04. The Balaban J connectivity index is 1.52. The van der Waals surface area contributed by atoms with Crippen molar-refractivity contribution in [2.75, 3.05) is 17.3 Å². The molecule has 34 heavy (non-hydrogen) atoms. The third-order valence-corrected chi connectivity index (χ3v) is 6.00. The third kappa shape index (κ3) is 4.76. The van der Waals surface area contributed by atoms with Gasteiger partial charge in [0.1, 0.15) is 0 Å². The van der Waals surface area contributed by atoms with Crippen LogP contribution in [-0.4, -0.2) is 18.9 Å². The molecule has 0 aliphatic heterocycles. The number of nitrogens with zero attached hydrogens (tertiary/aromatic N) is 1. The van der Waals surface area contributed by atoms with E-state index < -0.39 is 0 Å². The van der Waals surface area contributed by atoms with E-state index in [0.29, 0.717) is 16.8 Å². The molecular formula is C30H28N2O2. The van der Waals surface area contributed by atoms with Crippen molar-refractivity contribution in [2.45, 2.75) is 20.8 Å². The summed E-state index contributed by atoms with van der Waals surface area (Å²) < 4.78 is 0. The number of hydrogen-bond donors (Lipinski definition) is 1. The van der Waals surface area contributed by atoms with Crippen LogP contribution in [0.5, 0.6) is 0 Å². The fourth-order valence-corrected chi connectivity index (χ4v) is 4.19. The van der Waals surface area contributed by atoms with Gasteiger partial charge in [-0.15, -0.1) is 0 Å². The smallest absolute Gasteiger partial charge is 0.258 e. The minimum atomic E-state index is -0.192. The van der Waals surface area contributed by atoms with Gasteiger partial charge in [-0.05, 0) is 73.4 Å². The van der Waals surface area contributed by atoms with Gasteiger partial charge in [0.2, 0.25) is 0 Å². The lowest BCUT2D eigenvalue weighted by atomic mass is 9.98. The normalized spacial score (nSPS) is 10.6. The van der Waals surface area contributed by atoms with Crippen molar-refractivity contribution in [3.63, 3.8) is 0 Å². The number of para-hydroxylation sites is 1. The van der Waals surface area contributed by atoms with Gasteiger partial charge in [0.05, 0.1) is 0 Å². The second-order valence-electron chi connectivity index (χ2n) is 8.55. The number of amides is 2. The Hall–Kier alpha value is -4.18. The van der Waals surface area contributed by atoms with E-state index in [1.54, 1.807) is 36.2 Å². The minimum absolute atomic E-state index is 0.0972. The number of hydrogen-bond acceptors (Lipinski definition) is 2. The maximum atomic E-state index is 13.1. The summed E-state index contributed by atoms with van der Waals surface area (Å²) in [7, 11) is 1.79. The zero-order valence-corrected chi connectivity index (χ0v) is 19.9. The molecule has 0 aromatic heterocycles. The monoisotopic (exact) mass is 448 g/mol. The van der Waals surface area contributed by atoms with Gasteiger partial charge in [0.15, 0.2) is 0 Å². The van der Waals surface area contributed by atoms with E-state index in [2.05, 4.69) is 5.32 Å². The summed E-state index contributed by atoms with van der Waals surface area (Å²) >= 11 is 0. The van der Waals surface area contributed by atoms with Gasteiger partial charge in [-0.3, -0.25) is 9.59 Å². The lowest BCUT2D eigenvalue weighted by molar-refractivity contribution is 0.0991. The van der Waals surface area contributed by atoms with Crippen LogP contribution < -0.4 is 10.2 Å². The first kappa shape index (κ1) is 23.0. The van der Waals surface area contributed by atoms with Gasteiger partial charge < -0.3 is 10.2 Å². The Morgan fingerprint density at radius 2 is 1.32 bits per heavy atom. The molecule has 0 aliphatic carbocycles. The Morgan fingerprint density at radius 3 is 1.97 bits per heavy atom. The van der Waals surface area contributed by atoms with Crippen LogP contribution in [0.25, 0.3) is 11.1 Å². The van der Waals surface area contributed by atoms with Crippen molar-refractivity contribution in [1.29, 1.82) is 0 Å². The van der Waals surface area contributed by atoms with Gasteiger partial charge >= 0.3 is 0 Å². The van der Waals surface area contributed by atoms with Crippen LogP contribution in [0.3, 0.4) is 0 Å². The van der Waals surface area contributed by atoms with E-state index in [-0.39, 0.29) is 11.8 Å². The molecule has 0 heterocycles. The van der Waals surface area contributed by atoms with Gasteiger partial charge in [-0.2, -0.15) is 0 Å². The molecule has 2 amide bonds. The summed E-state index contributed by atoms with van der Waals surface area (Å²) in [5.41, 5.74) is 7.84. The zero-order valence-electron chi connectivity index (χ0n) is 19.9. The van der Waals surface area contributed by atoms with Gasteiger partial charge in [0.25, 0.3) is 11.8 Å². The van der Waals surface area contributed by atoms with E-state index in [1.807, 2.05) is 87.5 Å². The van der Waals surface area contributed by atoms with Crippen molar-refractivity contribution in [3.8, 4) is 11.1 Å². The Bertz CT molecular complexity index is 1320. The van der Waals surface area contributed by atoms with E-state index in [0.717, 1.165) is 27.9 Å². The van der Waals surface area contributed by atoms with Crippen molar-refractivity contribution in [2.24, 2.45) is 0 Å². The average molecular weight is 449 g/mol. The predicted octanol–water partition coefficient (Wildman–Crippen LogP) is 6.81. The van der Waals surface area contributed by atoms with E-state index in [4.69, 9.17) is 0 Å². The van der Waals surface area contributed by atoms with E-state index in [9.17, 15) is 9.59 Å². The molecule has 170 valence electrons. The number of nitrogens with one attached hydrogen (secondary N) is 1. The molecule has 0 radical (unpaired) electrons. The Labute approximate surface area is 200 Å². The van der Waals surface area contributed by atoms with Crippen molar-refractivity contribution < 1.29 is 9.59 Å². The molecule has 0 spiro atoms. The lowest BCUT2D eigenvalue weighted by Gasteiger charge is -2.22. The van der Waals surface area contributed by atoms with Crippen molar-refractivity contribution in [1.82, 2.24) is 0 Å². The highest BCUT2D eigenvalue weighted by molar-refractivity contribution is 6.09. The fourth-order valence-electron chi connectivity index (χ4n) is 4.19. The number of carbonyl (C=O) groups excluding carboxylic acids is 2. The first-order valence-electron chi connectivity index (χ1n) is 11.3. The highest BCUT2D eigenvalue weighted by Gasteiger charge is 2.18. The van der Waals surface area contributed by atoms with Crippen LogP contribution in [-0.2, 0) is 0 Å².